The average Bonchev–Trinajstić information content (AvgIpc) is 1.77. The summed E-state index contributed by atoms with van der Waals surface area (Å²) in [5, 5.41) is 0.900. The molecule has 0 aromatic carbocycles. The van der Waals surface area contributed by atoms with Gasteiger partial charge in [0.2, 0.25) is 0 Å². The smallest absolute Gasteiger partial charge is 0.307 e. The first-order valence-corrected chi connectivity index (χ1v) is 6.02. The van der Waals surface area contributed by atoms with Gasteiger partial charge < -0.3 is 4.74 Å². The summed E-state index contributed by atoms with van der Waals surface area (Å²) in [6.45, 7) is 12.0. The number of ether oxygens (including phenoxy) is 1. The van der Waals surface area contributed by atoms with Crippen LogP contribution in [0.4, 0.5) is 0 Å². The largest absolute Gasteiger partial charge is 0.460 e. The second-order valence-electron chi connectivity index (χ2n) is 4.79. The molecule has 0 aliphatic carbocycles. The fourth-order valence-electron chi connectivity index (χ4n) is 1.13. The quantitative estimate of drug-likeness (QED) is 0.678. The fraction of sp³-hybridized carbons (Fsp3) is 0.909. The highest BCUT2D eigenvalue weighted by Crippen LogP contribution is 2.20. The van der Waals surface area contributed by atoms with Crippen molar-refractivity contribution in [3.63, 3.8) is 0 Å². The topological polar surface area (TPSA) is 26.3 Å². The van der Waals surface area contributed by atoms with Crippen molar-refractivity contribution in [1.82, 2.24) is 0 Å². The highest BCUT2D eigenvalue weighted by Gasteiger charge is 2.18. The molecular formula is C11H22O2S. The summed E-state index contributed by atoms with van der Waals surface area (Å²) in [7, 11) is 0. The predicted molar refractivity (Wildman–Crippen MR) is 62.7 cm³/mol. The Balaban J connectivity index is 3.83. The summed E-state index contributed by atoms with van der Waals surface area (Å²) in [6.07, 6.45) is 0.500. The van der Waals surface area contributed by atoms with E-state index in [1.165, 1.54) is 0 Å². The van der Waals surface area contributed by atoms with Gasteiger partial charge in [-0.3, -0.25) is 4.79 Å². The molecule has 0 amide bonds. The van der Waals surface area contributed by atoms with Crippen molar-refractivity contribution < 1.29 is 9.53 Å². The standard InChI is InChI=1S/C11H22O2S/c1-8(2)14-9(3)7-10(12)13-11(4,5)6/h8-9H,7H2,1-6H3/t9-/m0/s1. The molecule has 84 valence electrons. The Labute approximate surface area is 91.8 Å². The van der Waals surface area contributed by atoms with Crippen LogP contribution in [0.3, 0.4) is 0 Å². The van der Waals surface area contributed by atoms with Crippen LogP contribution in [0.5, 0.6) is 0 Å². The molecule has 0 unspecified atom stereocenters. The lowest BCUT2D eigenvalue weighted by atomic mass is 10.2. The van der Waals surface area contributed by atoms with E-state index < -0.39 is 0 Å². The molecule has 0 aliphatic heterocycles. The molecule has 14 heavy (non-hydrogen) atoms. The molecule has 0 bridgehead atoms. The average molecular weight is 218 g/mol. The van der Waals surface area contributed by atoms with Crippen LogP contribution in [-0.2, 0) is 9.53 Å². The van der Waals surface area contributed by atoms with Gasteiger partial charge in [-0.2, -0.15) is 11.8 Å². The van der Waals surface area contributed by atoms with E-state index in [1.807, 2.05) is 32.5 Å². The number of carbonyl (C=O) groups excluding carboxylic acids is 1. The van der Waals surface area contributed by atoms with E-state index in [2.05, 4.69) is 20.8 Å². The van der Waals surface area contributed by atoms with Crippen LogP contribution in [0.15, 0.2) is 0 Å². The molecule has 3 heteroatoms. The summed E-state index contributed by atoms with van der Waals surface area (Å²) < 4.78 is 5.24. The van der Waals surface area contributed by atoms with E-state index in [4.69, 9.17) is 4.74 Å². The predicted octanol–water partition coefficient (Wildman–Crippen LogP) is 3.25. The summed E-state index contributed by atoms with van der Waals surface area (Å²) in [5.74, 6) is -0.0989. The summed E-state index contributed by atoms with van der Waals surface area (Å²) in [6, 6.07) is 0. The zero-order valence-corrected chi connectivity index (χ0v) is 10.9. The first-order chi connectivity index (χ1) is 6.20. The Morgan fingerprint density at radius 1 is 1.29 bits per heavy atom. The molecule has 2 nitrogen and oxygen atoms in total. The monoisotopic (exact) mass is 218 g/mol. The number of rotatable bonds is 4. The lowest BCUT2D eigenvalue weighted by molar-refractivity contribution is -0.154. The van der Waals surface area contributed by atoms with Crippen molar-refractivity contribution in [3.8, 4) is 0 Å². The maximum atomic E-state index is 11.4. The van der Waals surface area contributed by atoms with Crippen LogP contribution in [0, 0.1) is 0 Å². The zero-order valence-electron chi connectivity index (χ0n) is 10.1. The van der Waals surface area contributed by atoms with Crippen molar-refractivity contribution in [2.24, 2.45) is 0 Å². The fourth-order valence-corrected chi connectivity index (χ4v) is 2.29. The zero-order chi connectivity index (χ0) is 11.4. The van der Waals surface area contributed by atoms with Crippen molar-refractivity contribution in [2.75, 3.05) is 0 Å². The van der Waals surface area contributed by atoms with E-state index in [0.29, 0.717) is 16.9 Å². The Bertz CT molecular complexity index is 182. The van der Waals surface area contributed by atoms with Gasteiger partial charge in [-0.1, -0.05) is 20.8 Å². The molecule has 0 heterocycles. The molecule has 0 fully saturated rings. The number of thioether (sulfide) groups is 1. The maximum absolute atomic E-state index is 11.4. The minimum absolute atomic E-state index is 0.0989. The highest BCUT2D eigenvalue weighted by molar-refractivity contribution is 8.00. The molecule has 0 saturated carbocycles. The first kappa shape index (κ1) is 13.8. The molecule has 0 N–H and O–H groups in total. The van der Waals surface area contributed by atoms with Crippen molar-refractivity contribution in [2.45, 2.75) is 64.1 Å². The third-order valence-electron chi connectivity index (χ3n) is 1.38. The molecule has 1 atom stereocenters. The van der Waals surface area contributed by atoms with E-state index in [0.717, 1.165) is 0 Å². The lowest BCUT2D eigenvalue weighted by Crippen LogP contribution is -2.25. The molecule has 0 radical (unpaired) electrons. The van der Waals surface area contributed by atoms with Gasteiger partial charge in [0.1, 0.15) is 5.60 Å². The minimum atomic E-state index is -0.362. The van der Waals surface area contributed by atoms with Crippen molar-refractivity contribution in [1.29, 1.82) is 0 Å². The van der Waals surface area contributed by atoms with Gasteiger partial charge in [0.15, 0.2) is 0 Å². The number of hydrogen-bond donors (Lipinski definition) is 0. The number of esters is 1. The van der Waals surface area contributed by atoms with E-state index >= 15 is 0 Å². The summed E-state index contributed by atoms with van der Waals surface area (Å²) >= 11 is 1.81. The van der Waals surface area contributed by atoms with Crippen LogP contribution in [0.1, 0.15) is 48.0 Å². The van der Waals surface area contributed by atoms with Gasteiger partial charge >= 0.3 is 5.97 Å². The Morgan fingerprint density at radius 2 is 1.79 bits per heavy atom. The Hall–Kier alpha value is -0.180. The lowest BCUT2D eigenvalue weighted by Gasteiger charge is -2.21. The molecule has 0 aromatic heterocycles. The third-order valence-corrected chi connectivity index (χ3v) is 2.55. The first-order valence-electron chi connectivity index (χ1n) is 5.08. The van der Waals surface area contributed by atoms with Crippen LogP contribution in [0.2, 0.25) is 0 Å². The highest BCUT2D eigenvalue weighted by atomic mass is 32.2. The van der Waals surface area contributed by atoms with Gasteiger partial charge in [-0.05, 0) is 26.0 Å². The van der Waals surface area contributed by atoms with E-state index in [-0.39, 0.29) is 11.6 Å². The van der Waals surface area contributed by atoms with Crippen molar-refractivity contribution >= 4 is 17.7 Å². The van der Waals surface area contributed by atoms with Gasteiger partial charge in [-0.15, -0.1) is 0 Å². The van der Waals surface area contributed by atoms with Crippen LogP contribution < -0.4 is 0 Å². The molecule has 0 aliphatic rings. The Kier molecular flexibility index (Phi) is 5.57. The normalized spacial score (nSPS) is 14.2. The maximum Gasteiger partial charge on any atom is 0.307 e. The summed E-state index contributed by atoms with van der Waals surface area (Å²) in [4.78, 5) is 11.4. The van der Waals surface area contributed by atoms with Gasteiger partial charge in [0.05, 0.1) is 6.42 Å². The molecule has 0 saturated heterocycles. The SMILES string of the molecule is CC(C)S[C@@H](C)CC(=O)OC(C)(C)C. The van der Waals surface area contributed by atoms with Gasteiger partial charge in [0, 0.05) is 5.25 Å². The Morgan fingerprint density at radius 3 is 2.14 bits per heavy atom. The van der Waals surface area contributed by atoms with Crippen LogP contribution in [0.25, 0.3) is 0 Å². The van der Waals surface area contributed by atoms with E-state index in [9.17, 15) is 4.79 Å². The van der Waals surface area contributed by atoms with Gasteiger partial charge in [0.25, 0.3) is 0 Å². The minimum Gasteiger partial charge on any atom is -0.460 e. The molecule has 0 spiro atoms. The third kappa shape index (κ3) is 8.42. The second-order valence-corrected chi connectivity index (χ2v) is 6.81. The van der Waals surface area contributed by atoms with Crippen molar-refractivity contribution in [3.05, 3.63) is 0 Å². The molecule has 0 rings (SSSR count). The molecule has 0 aromatic rings. The second kappa shape index (κ2) is 5.64. The van der Waals surface area contributed by atoms with Gasteiger partial charge in [-0.25, -0.2) is 0 Å². The molecular weight excluding hydrogens is 196 g/mol. The summed E-state index contributed by atoms with van der Waals surface area (Å²) in [5.41, 5.74) is -0.362. The number of hydrogen-bond acceptors (Lipinski definition) is 3. The van der Waals surface area contributed by atoms with E-state index in [1.54, 1.807) is 0 Å². The number of carbonyl (C=O) groups is 1. The van der Waals surface area contributed by atoms with Crippen LogP contribution in [-0.4, -0.2) is 22.1 Å². The van der Waals surface area contributed by atoms with Crippen LogP contribution >= 0.6 is 11.8 Å².